The molecule has 0 spiro atoms. The average Bonchev–Trinajstić information content (AvgIpc) is 2.88. The highest BCUT2D eigenvalue weighted by Crippen LogP contribution is 2.23. The zero-order chi connectivity index (χ0) is 11.5. The monoisotopic (exact) mass is 223 g/mol. The molecular formula is C12H21N3O. The lowest BCUT2D eigenvalue weighted by Crippen LogP contribution is -2.33. The molecule has 2 rings (SSSR count). The SMILES string of the molecule is Cc1c(C(CO)NC2CCCC2)cnn1C. The molecule has 0 aliphatic heterocycles. The summed E-state index contributed by atoms with van der Waals surface area (Å²) in [4.78, 5) is 0. The van der Waals surface area contributed by atoms with E-state index in [4.69, 9.17) is 0 Å². The fraction of sp³-hybridized carbons (Fsp3) is 0.750. The smallest absolute Gasteiger partial charge is 0.0627 e. The lowest BCUT2D eigenvalue weighted by molar-refractivity contribution is 0.232. The Kier molecular flexibility index (Phi) is 3.61. The Morgan fingerprint density at radius 2 is 2.25 bits per heavy atom. The molecule has 2 N–H and O–H groups in total. The van der Waals surface area contributed by atoms with Crippen molar-refractivity contribution in [2.75, 3.05) is 6.61 Å². The van der Waals surface area contributed by atoms with Gasteiger partial charge >= 0.3 is 0 Å². The predicted octanol–water partition coefficient (Wildman–Crippen LogP) is 1.29. The molecule has 1 aliphatic rings. The number of aliphatic hydroxyl groups excluding tert-OH is 1. The van der Waals surface area contributed by atoms with E-state index in [9.17, 15) is 5.11 Å². The minimum Gasteiger partial charge on any atom is -0.394 e. The first-order valence-corrected chi connectivity index (χ1v) is 6.07. The van der Waals surface area contributed by atoms with Gasteiger partial charge in [0, 0.05) is 24.3 Å². The van der Waals surface area contributed by atoms with Gasteiger partial charge in [0.2, 0.25) is 0 Å². The van der Waals surface area contributed by atoms with Crippen LogP contribution in [0.4, 0.5) is 0 Å². The van der Waals surface area contributed by atoms with E-state index in [-0.39, 0.29) is 12.6 Å². The van der Waals surface area contributed by atoms with E-state index in [1.165, 1.54) is 25.7 Å². The van der Waals surface area contributed by atoms with Crippen LogP contribution in [0.3, 0.4) is 0 Å². The van der Waals surface area contributed by atoms with Crippen molar-refractivity contribution < 1.29 is 5.11 Å². The standard InChI is InChI=1S/C12H21N3O/c1-9-11(7-13-15(9)2)12(8-16)14-10-5-3-4-6-10/h7,10,12,14,16H,3-6,8H2,1-2H3. The van der Waals surface area contributed by atoms with Crippen LogP contribution in [-0.4, -0.2) is 27.5 Å². The summed E-state index contributed by atoms with van der Waals surface area (Å²) in [5, 5.41) is 17.2. The Morgan fingerprint density at radius 3 is 2.75 bits per heavy atom. The van der Waals surface area contributed by atoms with Gasteiger partial charge in [-0.3, -0.25) is 4.68 Å². The van der Waals surface area contributed by atoms with Crippen LogP contribution in [0.5, 0.6) is 0 Å². The molecule has 1 aromatic heterocycles. The second-order valence-corrected chi connectivity index (χ2v) is 4.69. The Morgan fingerprint density at radius 1 is 1.56 bits per heavy atom. The summed E-state index contributed by atoms with van der Waals surface area (Å²) < 4.78 is 1.86. The second kappa shape index (κ2) is 4.97. The maximum Gasteiger partial charge on any atom is 0.0627 e. The molecule has 1 fully saturated rings. The van der Waals surface area contributed by atoms with E-state index in [2.05, 4.69) is 10.4 Å². The van der Waals surface area contributed by atoms with Crippen LogP contribution in [0, 0.1) is 6.92 Å². The Bertz CT molecular complexity index is 342. The molecule has 1 unspecified atom stereocenters. The quantitative estimate of drug-likeness (QED) is 0.809. The molecule has 0 amide bonds. The van der Waals surface area contributed by atoms with Crippen LogP contribution in [-0.2, 0) is 7.05 Å². The number of nitrogens with one attached hydrogen (secondary N) is 1. The first-order chi connectivity index (χ1) is 7.72. The number of aromatic nitrogens is 2. The number of rotatable bonds is 4. The third-order valence-corrected chi connectivity index (χ3v) is 3.62. The summed E-state index contributed by atoms with van der Waals surface area (Å²) in [6.45, 7) is 2.18. The third-order valence-electron chi connectivity index (χ3n) is 3.62. The van der Waals surface area contributed by atoms with Crippen LogP contribution in [0.2, 0.25) is 0 Å². The minimum atomic E-state index is 0.0387. The lowest BCUT2D eigenvalue weighted by Gasteiger charge is -2.21. The molecule has 0 saturated heterocycles. The summed E-state index contributed by atoms with van der Waals surface area (Å²) in [6, 6.07) is 0.605. The second-order valence-electron chi connectivity index (χ2n) is 4.69. The zero-order valence-corrected chi connectivity index (χ0v) is 10.1. The molecule has 1 saturated carbocycles. The van der Waals surface area contributed by atoms with Crippen molar-refractivity contribution in [3.8, 4) is 0 Å². The number of nitrogens with zero attached hydrogens (tertiary/aromatic N) is 2. The summed E-state index contributed by atoms with van der Waals surface area (Å²) in [5.74, 6) is 0. The third kappa shape index (κ3) is 2.28. The molecule has 1 aromatic rings. The van der Waals surface area contributed by atoms with Gasteiger partial charge < -0.3 is 10.4 Å². The maximum atomic E-state index is 9.47. The Hall–Kier alpha value is -0.870. The Balaban J connectivity index is 2.06. The number of aryl methyl sites for hydroxylation is 1. The van der Waals surface area contributed by atoms with Crippen molar-refractivity contribution in [1.82, 2.24) is 15.1 Å². The number of aliphatic hydroxyl groups is 1. The normalized spacial score (nSPS) is 19.2. The molecule has 0 aromatic carbocycles. The van der Waals surface area contributed by atoms with Gasteiger partial charge in [0.15, 0.2) is 0 Å². The molecule has 4 nitrogen and oxygen atoms in total. The molecule has 4 heteroatoms. The lowest BCUT2D eigenvalue weighted by atomic mass is 10.1. The van der Waals surface area contributed by atoms with E-state index < -0.39 is 0 Å². The highest BCUT2D eigenvalue weighted by molar-refractivity contribution is 5.20. The van der Waals surface area contributed by atoms with Gasteiger partial charge in [0.25, 0.3) is 0 Å². The maximum absolute atomic E-state index is 9.47. The van der Waals surface area contributed by atoms with Crippen molar-refractivity contribution in [3.63, 3.8) is 0 Å². The van der Waals surface area contributed by atoms with E-state index in [0.717, 1.165) is 11.3 Å². The van der Waals surface area contributed by atoms with Gasteiger partial charge in [-0.1, -0.05) is 12.8 Å². The number of hydrogen-bond donors (Lipinski definition) is 2. The summed E-state index contributed by atoms with van der Waals surface area (Å²) in [7, 11) is 1.93. The zero-order valence-electron chi connectivity index (χ0n) is 10.1. The van der Waals surface area contributed by atoms with Gasteiger partial charge in [-0.15, -0.1) is 0 Å². The fourth-order valence-electron chi connectivity index (χ4n) is 2.48. The minimum absolute atomic E-state index is 0.0387. The van der Waals surface area contributed by atoms with E-state index in [1.54, 1.807) is 0 Å². The summed E-state index contributed by atoms with van der Waals surface area (Å²) in [6.07, 6.45) is 6.94. The molecule has 16 heavy (non-hydrogen) atoms. The molecule has 1 atom stereocenters. The van der Waals surface area contributed by atoms with Gasteiger partial charge in [-0.25, -0.2) is 0 Å². The topological polar surface area (TPSA) is 50.1 Å². The Labute approximate surface area is 96.7 Å². The van der Waals surface area contributed by atoms with Crippen LogP contribution in [0.25, 0.3) is 0 Å². The van der Waals surface area contributed by atoms with Gasteiger partial charge in [-0.05, 0) is 19.8 Å². The van der Waals surface area contributed by atoms with Crippen LogP contribution >= 0.6 is 0 Å². The summed E-state index contributed by atoms with van der Waals surface area (Å²) >= 11 is 0. The number of hydrogen-bond acceptors (Lipinski definition) is 3. The van der Waals surface area contributed by atoms with Crippen LogP contribution < -0.4 is 5.32 Å². The molecule has 0 bridgehead atoms. The molecule has 1 heterocycles. The van der Waals surface area contributed by atoms with Crippen molar-refractivity contribution in [2.45, 2.75) is 44.7 Å². The van der Waals surface area contributed by atoms with Gasteiger partial charge in [0.1, 0.15) is 0 Å². The van der Waals surface area contributed by atoms with Crippen molar-refractivity contribution in [3.05, 3.63) is 17.5 Å². The van der Waals surface area contributed by atoms with E-state index in [1.807, 2.05) is 24.9 Å². The van der Waals surface area contributed by atoms with Crippen molar-refractivity contribution in [1.29, 1.82) is 0 Å². The van der Waals surface area contributed by atoms with E-state index >= 15 is 0 Å². The van der Waals surface area contributed by atoms with Crippen LogP contribution in [0.1, 0.15) is 43.0 Å². The van der Waals surface area contributed by atoms with Crippen molar-refractivity contribution in [2.24, 2.45) is 7.05 Å². The molecular weight excluding hydrogens is 202 g/mol. The first-order valence-electron chi connectivity index (χ1n) is 6.07. The molecule has 1 aliphatic carbocycles. The highest BCUT2D eigenvalue weighted by Gasteiger charge is 2.22. The van der Waals surface area contributed by atoms with Crippen molar-refractivity contribution >= 4 is 0 Å². The van der Waals surface area contributed by atoms with Gasteiger partial charge in [-0.2, -0.15) is 5.10 Å². The fourth-order valence-corrected chi connectivity index (χ4v) is 2.48. The highest BCUT2D eigenvalue weighted by atomic mass is 16.3. The van der Waals surface area contributed by atoms with Gasteiger partial charge in [0.05, 0.1) is 18.8 Å². The molecule has 90 valence electrons. The largest absolute Gasteiger partial charge is 0.394 e. The first kappa shape index (κ1) is 11.6. The van der Waals surface area contributed by atoms with Crippen LogP contribution in [0.15, 0.2) is 6.20 Å². The predicted molar refractivity (Wildman–Crippen MR) is 63.2 cm³/mol. The summed E-state index contributed by atoms with van der Waals surface area (Å²) in [5.41, 5.74) is 2.25. The van der Waals surface area contributed by atoms with E-state index in [0.29, 0.717) is 6.04 Å². The molecule has 0 radical (unpaired) electrons. The average molecular weight is 223 g/mol.